The molecule has 0 spiro atoms. The predicted molar refractivity (Wildman–Crippen MR) is 88.5 cm³/mol. The fraction of sp³-hybridized carbons (Fsp3) is 0.571. The average Bonchev–Trinajstić information content (AvgIpc) is 2.41. The first-order valence-electron chi connectivity index (χ1n) is 6.45. The molecule has 1 rings (SSSR count). The van der Waals surface area contributed by atoms with E-state index < -0.39 is 0 Å². The van der Waals surface area contributed by atoms with Crippen LogP contribution < -0.4 is 9.47 Å². The maximum atomic E-state index is 5.99. The van der Waals surface area contributed by atoms with E-state index in [1.54, 1.807) is 0 Å². The van der Waals surface area contributed by atoms with E-state index in [4.69, 9.17) is 21.1 Å². The molecule has 0 aliphatic rings. The lowest BCUT2D eigenvalue weighted by atomic mass is 10.3. The molecule has 0 aliphatic carbocycles. The average molecular weight is 415 g/mol. The SMILES string of the molecule is Clc1ccc(OCCCCBr)c(OCCCCBr)c1. The minimum atomic E-state index is 0.670. The van der Waals surface area contributed by atoms with Gasteiger partial charge in [-0.1, -0.05) is 43.5 Å². The molecule has 2 nitrogen and oxygen atoms in total. The number of hydrogen-bond acceptors (Lipinski definition) is 2. The second kappa shape index (κ2) is 10.8. The summed E-state index contributed by atoms with van der Waals surface area (Å²) in [5.74, 6) is 1.51. The van der Waals surface area contributed by atoms with Crippen LogP contribution >= 0.6 is 43.5 Å². The largest absolute Gasteiger partial charge is 0.490 e. The number of benzene rings is 1. The zero-order valence-electron chi connectivity index (χ0n) is 10.8. The first-order chi connectivity index (χ1) is 9.27. The molecule has 0 N–H and O–H groups in total. The minimum absolute atomic E-state index is 0.670. The van der Waals surface area contributed by atoms with Crippen molar-refractivity contribution < 1.29 is 9.47 Å². The quantitative estimate of drug-likeness (QED) is 0.374. The first kappa shape index (κ1) is 17.1. The van der Waals surface area contributed by atoms with Crippen LogP contribution in [0.3, 0.4) is 0 Å². The molecule has 0 saturated carbocycles. The van der Waals surface area contributed by atoms with Crippen molar-refractivity contribution in [3.05, 3.63) is 23.2 Å². The van der Waals surface area contributed by atoms with Crippen molar-refractivity contribution in [3.63, 3.8) is 0 Å². The molecule has 0 fully saturated rings. The topological polar surface area (TPSA) is 18.5 Å². The van der Waals surface area contributed by atoms with E-state index in [0.717, 1.165) is 47.8 Å². The summed E-state index contributed by atoms with van der Waals surface area (Å²) in [5, 5.41) is 2.68. The molecule has 0 atom stereocenters. The van der Waals surface area contributed by atoms with E-state index in [1.165, 1.54) is 0 Å². The van der Waals surface area contributed by atoms with E-state index in [-0.39, 0.29) is 0 Å². The summed E-state index contributed by atoms with van der Waals surface area (Å²) >= 11 is 12.8. The van der Waals surface area contributed by atoms with Crippen LogP contribution in [0.1, 0.15) is 25.7 Å². The lowest BCUT2D eigenvalue weighted by molar-refractivity contribution is 0.262. The molecule has 19 heavy (non-hydrogen) atoms. The molecule has 0 bridgehead atoms. The van der Waals surface area contributed by atoms with E-state index in [2.05, 4.69) is 31.9 Å². The second-order valence-electron chi connectivity index (χ2n) is 4.08. The Morgan fingerprint density at radius 1 is 0.842 bits per heavy atom. The van der Waals surface area contributed by atoms with E-state index in [1.807, 2.05) is 18.2 Å². The highest BCUT2D eigenvalue weighted by Gasteiger charge is 2.06. The van der Waals surface area contributed by atoms with Gasteiger partial charge in [0.15, 0.2) is 11.5 Å². The number of rotatable bonds is 10. The lowest BCUT2D eigenvalue weighted by Gasteiger charge is -2.13. The van der Waals surface area contributed by atoms with Crippen molar-refractivity contribution >= 4 is 43.5 Å². The summed E-state index contributed by atoms with van der Waals surface area (Å²) in [4.78, 5) is 0. The maximum absolute atomic E-state index is 5.99. The van der Waals surface area contributed by atoms with Gasteiger partial charge in [-0.05, 0) is 37.8 Å². The number of hydrogen-bond donors (Lipinski definition) is 0. The van der Waals surface area contributed by atoms with Gasteiger partial charge in [0.2, 0.25) is 0 Å². The van der Waals surface area contributed by atoms with Crippen molar-refractivity contribution in [1.29, 1.82) is 0 Å². The van der Waals surface area contributed by atoms with Gasteiger partial charge in [-0.3, -0.25) is 0 Å². The summed E-state index contributed by atoms with van der Waals surface area (Å²) in [7, 11) is 0. The van der Waals surface area contributed by atoms with Crippen LogP contribution in [0.4, 0.5) is 0 Å². The van der Waals surface area contributed by atoms with Crippen LogP contribution in [0.25, 0.3) is 0 Å². The number of unbranched alkanes of at least 4 members (excludes halogenated alkanes) is 2. The Morgan fingerprint density at radius 3 is 2.00 bits per heavy atom. The molecule has 1 aromatic carbocycles. The summed E-state index contributed by atoms with van der Waals surface area (Å²) < 4.78 is 11.5. The molecular formula is C14H19Br2ClO2. The van der Waals surface area contributed by atoms with Crippen LogP contribution in [0, 0.1) is 0 Å². The van der Waals surface area contributed by atoms with Crippen LogP contribution in [0.5, 0.6) is 11.5 Å². The predicted octanol–water partition coefficient (Wildman–Crippen LogP) is 5.45. The van der Waals surface area contributed by atoms with Crippen LogP contribution in [-0.4, -0.2) is 23.9 Å². The fourth-order valence-electron chi connectivity index (χ4n) is 1.47. The van der Waals surface area contributed by atoms with Crippen molar-refractivity contribution in [1.82, 2.24) is 0 Å². The molecule has 0 aliphatic heterocycles. The summed E-state index contributed by atoms with van der Waals surface area (Å²) in [6, 6.07) is 5.51. The Hall–Kier alpha value is 0.0700. The Balaban J connectivity index is 2.48. The summed E-state index contributed by atoms with van der Waals surface area (Å²) in [5.41, 5.74) is 0. The molecular weight excluding hydrogens is 395 g/mol. The molecule has 0 amide bonds. The van der Waals surface area contributed by atoms with Gasteiger partial charge in [-0.2, -0.15) is 0 Å². The lowest BCUT2D eigenvalue weighted by Crippen LogP contribution is -2.03. The third kappa shape index (κ3) is 7.42. The highest BCUT2D eigenvalue weighted by molar-refractivity contribution is 9.09. The van der Waals surface area contributed by atoms with E-state index in [9.17, 15) is 0 Å². The summed E-state index contributed by atoms with van der Waals surface area (Å²) in [6.07, 6.45) is 4.24. The van der Waals surface area contributed by atoms with E-state index >= 15 is 0 Å². The third-order valence-corrected chi connectivity index (χ3v) is 3.83. The number of ether oxygens (including phenoxy) is 2. The summed E-state index contributed by atoms with van der Waals surface area (Å²) in [6.45, 7) is 1.38. The molecule has 5 heteroatoms. The van der Waals surface area contributed by atoms with Crippen LogP contribution in [0.2, 0.25) is 5.02 Å². The molecule has 0 saturated heterocycles. The fourth-order valence-corrected chi connectivity index (χ4v) is 2.43. The minimum Gasteiger partial charge on any atom is -0.490 e. The monoisotopic (exact) mass is 412 g/mol. The molecule has 0 heterocycles. The normalized spacial score (nSPS) is 10.5. The van der Waals surface area contributed by atoms with Gasteiger partial charge in [0, 0.05) is 21.7 Å². The van der Waals surface area contributed by atoms with Crippen molar-refractivity contribution in [2.45, 2.75) is 25.7 Å². The molecule has 108 valence electrons. The molecule has 0 unspecified atom stereocenters. The van der Waals surface area contributed by atoms with Crippen LogP contribution in [0.15, 0.2) is 18.2 Å². The zero-order valence-corrected chi connectivity index (χ0v) is 14.8. The molecule has 0 aromatic heterocycles. The van der Waals surface area contributed by atoms with Gasteiger partial charge >= 0.3 is 0 Å². The van der Waals surface area contributed by atoms with Crippen molar-refractivity contribution in [3.8, 4) is 11.5 Å². The Morgan fingerprint density at radius 2 is 1.42 bits per heavy atom. The zero-order chi connectivity index (χ0) is 13.9. The molecule has 0 radical (unpaired) electrons. The Labute approximate surface area is 137 Å². The Bertz CT molecular complexity index is 361. The van der Waals surface area contributed by atoms with Gasteiger partial charge in [-0.15, -0.1) is 0 Å². The maximum Gasteiger partial charge on any atom is 0.162 e. The second-order valence-corrected chi connectivity index (χ2v) is 6.10. The Kier molecular flexibility index (Phi) is 9.74. The number of alkyl halides is 2. The van der Waals surface area contributed by atoms with Gasteiger partial charge < -0.3 is 9.47 Å². The van der Waals surface area contributed by atoms with Crippen molar-refractivity contribution in [2.75, 3.05) is 23.9 Å². The number of halogens is 3. The highest BCUT2D eigenvalue weighted by Crippen LogP contribution is 2.30. The standard InChI is InChI=1S/C14H19Br2ClO2/c15-7-1-3-9-18-13-6-5-12(17)11-14(13)19-10-4-2-8-16/h5-6,11H,1-4,7-10H2. The van der Waals surface area contributed by atoms with Gasteiger partial charge in [-0.25, -0.2) is 0 Å². The van der Waals surface area contributed by atoms with E-state index in [0.29, 0.717) is 18.2 Å². The molecule has 1 aromatic rings. The van der Waals surface area contributed by atoms with Gasteiger partial charge in [0.1, 0.15) is 0 Å². The highest BCUT2D eigenvalue weighted by atomic mass is 79.9. The van der Waals surface area contributed by atoms with Crippen molar-refractivity contribution in [2.24, 2.45) is 0 Å². The smallest absolute Gasteiger partial charge is 0.162 e. The first-order valence-corrected chi connectivity index (χ1v) is 9.07. The van der Waals surface area contributed by atoms with Gasteiger partial charge in [0.25, 0.3) is 0 Å². The third-order valence-electron chi connectivity index (χ3n) is 2.48. The van der Waals surface area contributed by atoms with Crippen LogP contribution in [-0.2, 0) is 0 Å². The van der Waals surface area contributed by atoms with Gasteiger partial charge in [0.05, 0.1) is 13.2 Å².